The smallest absolute Gasteiger partial charge is 0.237 e. The van der Waals surface area contributed by atoms with E-state index in [0.717, 1.165) is 16.7 Å². The van der Waals surface area contributed by atoms with Crippen LogP contribution in [-0.2, 0) is 17.8 Å². The lowest BCUT2D eigenvalue weighted by atomic mass is 9.99. The number of methoxy groups -OCH3 is 1. The highest BCUT2D eigenvalue weighted by Crippen LogP contribution is 2.43. The number of carbonyl (C=O) groups excluding carboxylic acids is 1. The third-order valence-electron chi connectivity index (χ3n) is 6.44. The molecule has 2 aromatic heterocycles. The number of fused-ring (bicyclic) bond motifs is 2. The minimum Gasteiger partial charge on any atom is -0.497 e. The summed E-state index contributed by atoms with van der Waals surface area (Å²) in [6, 6.07) is 13.0. The largest absolute Gasteiger partial charge is 0.497 e. The zero-order valence-electron chi connectivity index (χ0n) is 21.7. The zero-order chi connectivity index (χ0) is 27.5. The number of ether oxygens (including phenoxy) is 2. The maximum atomic E-state index is 13.3. The highest BCUT2D eigenvalue weighted by molar-refractivity contribution is 8.00. The summed E-state index contributed by atoms with van der Waals surface area (Å²) < 4.78 is 24.9. The van der Waals surface area contributed by atoms with Crippen LogP contribution in [0.2, 0.25) is 0 Å². The van der Waals surface area contributed by atoms with Gasteiger partial charge in [0.2, 0.25) is 11.8 Å². The van der Waals surface area contributed by atoms with E-state index in [1.807, 2.05) is 38.1 Å². The van der Waals surface area contributed by atoms with Gasteiger partial charge in [0.05, 0.1) is 30.2 Å². The van der Waals surface area contributed by atoms with Crippen LogP contribution < -0.4 is 14.8 Å². The first kappa shape index (κ1) is 26.6. The van der Waals surface area contributed by atoms with Crippen LogP contribution in [0.1, 0.15) is 35.7 Å². The van der Waals surface area contributed by atoms with Crippen LogP contribution in [0.25, 0.3) is 11.4 Å². The van der Waals surface area contributed by atoms with Gasteiger partial charge < -0.3 is 19.9 Å². The van der Waals surface area contributed by atoms with Gasteiger partial charge in [-0.3, -0.25) is 9.78 Å². The quantitative estimate of drug-likeness (QED) is 0.189. The molecule has 1 atom stereocenters. The van der Waals surface area contributed by atoms with Gasteiger partial charge in [-0.1, -0.05) is 18.7 Å². The van der Waals surface area contributed by atoms with E-state index in [1.54, 1.807) is 13.3 Å². The summed E-state index contributed by atoms with van der Waals surface area (Å²) in [5.41, 5.74) is 4.19. The second-order valence-corrected chi connectivity index (χ2v) is 10.2. The van der Waals surface area contributed by atoms with Gasteiger partial charge in [0.1, 0.15) is 16.6 Å². The molecule has 0 fully saturated rings. The van der Waals surface area contributed by atoms with Crippen molar-refractivity contribution in [1.29, 1.82) is 0 Å². The van der Waals surface area contributed by atoms with Crippen molar-refractivity contribution >= 4 is 23.4 Å². The van der Waals surface area contributed by atoms with Crippen LogP contribution in [0.15, 0.2) is 59.8 Å². The number of aliphatic hydroxyl groups excluding tert-OH is 1. The first-order chi connectivity index (χ1) is 18.9. The third-order valence-corrected chi connectivity index (χ3v) is 7.83. The van der Waals surface area contributed by atoms with Gasteiger partial charge in [0.15, 0.2) is 11.6 Å². The van der Waals surface area contributed by atoms with Crippen molar-refractivity contribution in [3.05, 3.63) is 82.9 Å². The average molecular weight is 547 g/mol. The normalized spacial score (nSPS) is 12.6. The van der Waals surface area contributed by atoms with Crippen LogP contribution in [0.3, 0.4) is 0 Å². The number of benzene rings is 2. The second-order valence-electron chi connectivity index (χ2n) is 8.99. The maximum absolute atomic E-state index is 13.3. The molecule has 0 saturated heterocycles. The fourth-order valence-electron chi connectivity index (χ4n) is 4.27. The Labute approximate surface area is 229 Å². The number of thioether (sulfide) groups is 1. The molecular weight excluding hydrogens is 519 g/mol. The monoisotopic (exact) mass is 546 g/mol. The number of amides is 1. The van der Waals surface area contributed by atoms with Gasteiger partial charge in [-0.25, -0.2) is 9.37 Å². The molecule has 200 valence electrons. The molecular formula is C29H27FN4O4S. The molecule has 0 spiro atoms. The number of halogens is 1. The molecule has 2 N–H and O–H groups in total. The molecule has 39 heavy (non-hydrogen) atoms. The number of aromatic nitrogens is 3. The molecule has 4 aromatic rings. The number of pyridine rings is 1. The molecule has 0 aliphatic carbocycles. The highest BCUT2D eigenvalue weighted by Gasteiger charge is 2.30. The van der Waals surface area contributed by atoms with Gasteiger partial charge in [-0.05, 0) is 61.9 Å². The van der Waals surface area contributed by atoms with E-state index in [9.17, 15) is 14.3 Å². The average Bonchev–Trinajstić information content (AvgIpc) is 2.96. The van der Waals surface area contributed by atoms with E-state index < -0.39 is 5.25 Å². The summed E-state index contributed by atoms with van der Waals surface area (Å²) >= 11 is 1.32. The van der Waals surface area contributed by atoms with Gasteiger partial charge in [-0.15, -0.1) is 0 Å². The second kappa shape index (κ2) is 11.4. The minimum absolute atomic E-state index is 0.181. The van der Waals surface area contributed by atoms with Crippen LogP contribution in [0, 0.1) is 12.7 Å². The molecule has 1 aliphatic rings. The van der Waals surface area contributed by atoms with E-state index in [0.29, 0.717) is 58.0 Å². The summed E-state index contributed by atoms with van der Waals surface area (Å²) in [5.74, 6) is 1.52. The summed E-state index contributed by atoms with van der Waals surface area (Å²) in [5, 5.41) is 12.9. The molecule has 1 aliphatic heterocycles. The van der Waals surface area contributed by atoms with Gasteiger partial charge in [-0.2, -0.15) is 4.98 Å². The Morgan fingerprint density at radius 3 is 2.56 bits per heavy atom. The first-order valence-corrected chi connectivity index (χ1v) is 13.3. The Morgan fingerprint density at radius 2 is 1.90 bits per heavy atom. The number of aryl methyl sites for hydroxylation is 1. The molecule has 3 heterocycles. The summed E-state index contributed by atoms with van der Waals surface area (Å²) in [4.78, 5) is 27.2. The van der Waals surface area contributed by atoms with E-state index in [1.165, 1.54) is 36.0 Å². The molecule has 5 rings (SSSR count). The number of nitrogens with zero attached hydrogens (tertiary/aromatic N) is 3. The molecule has 2 aromatic carbocycles. The Kier molecular flexibility index (Phi) is 7.76. The van der Waals surface area contributed by atoms with Gasteiger partial charge >= 0.3 is 0 Å². The Bertz CT molecular complexity index is 1510. The van der Waals surface area contributed by atoms with Crippen molar-refractivity contribution in [2.45, 2.75) is 43.6 Å². The molecule has 0 saturated carbocycles. The number of aliphatic hydroxyl groups is 1. The maximum Gasteiger partial charge on any atom is 0.237 e. The molecule has 8 nitrogen and oxygen atoms in total. The predicted octanol–water partition coefficient (Wildman–Crippen LogP) is 5.69. The number of nitrogens with one attached hydrogen (secondary N) is 1. The fourth-order valence-corrected chi connectivity index (χ4v) is 5.32. The fraction of sp³-hybridized carbons (Fsp3) is 0.241. The van der Waals surface area contributed by atoms with Crippen molar-refractivity contribution in [3.8, 4) is 28.8 Å². The number of carbonyl (C=O) groups is 1. The lowest BCUT2D eigenvalue weighted by Crippen LogP contribution is -2.25. The Hall–Kier alpha value is -4.02. The standard InChI is InChI=1S/C29H27FN4O4S/c1-4-24(27(36)32-20-9-7-19(30)8-10-20)39-29-23-13-22-18(15-35)14-31-16(2)25(22)38-28(23)33-26(34-29)17-5-11-21(37-3)12-6-17/h5-12,14,24,35H,4,13,15H2,1-3H3,(H,32,36)/t24-/m0/s1. The molecule has 10 heteroatoms. The Morgan fingerprint density at radius 1 is 1.15 bits per heavy atom. The van der Waals surface area contributed by atoms with Crippen LogP contribution >= 0.6 is 11.8 Å². The summed E-state index contributed by atoms with van der Waals surface area (Å²) in [6.45, 7) is 3.59. The number of hydrogen-bond donors (Lipinski definition) is 2. The topological polar surface area (TPSA) is 106 Å². The summed E-state index contributed by atoms with van der Waals surface area (Å²) in [6.07, 6.45) is 2.59. The van der Waals surface area contributed by atoms with Gasteiger partial charge in [0.25, 0.3) is 0 Å². The lowest BCUT2D eigenvalue weighted by molar-refractivity contribution is -0.115. The van der Waals surface area contributed by atoms with E-state index in [2.05, 4.69) is 10.3 Å². The number of hydrogen-bond acceptors (Lipinski definition) is 8. The highest BCUT2D eigenvalue weighted by atomic mass is 32.2. The SMILES string of the molecule is CC[C@H](Sc1nc(-c2ccc(OC)cc2)nc2c1Cc1c(CO)cnc(C)c1O2)C(=O)Nc1ccc(F)cc1. The van der Waals surface area contributed by atoms with Crippen molar-refractivity contribution in [2.24, 2.45) is 0 Å². The van der Waals surface area contributed by atoms with Crippen molar-refractivity contribution in [3.63, 3.8) is 0 Å². The zero-order valence-corrected chi connectivity index (χ0v) is 22.5. The van der Waals surface area contributed by atoms with Crippen LogP contribution in [0.4, 0.5) is 10.1 Å². The van der Waals surface area contributed by atoms with Crippen molar-refractivity contribution in [1.82, 2.24) is 15.0 Å². The predicted molar refractivity (Wildman–Crippen MR) is 147 cm³/mol. The molecule has 1 amide bonds. The third kappa shape index (κ3) is 5.57. The lowest BCUT2D eigenvalue weighted by Gasteiger charge is -2.25. The number of rotatable bonds is 8. The van der Waals surface area contributed by atoms with E-state index in [4.69, 9.17) is 19.4 Å². The minimum atomic E-state index is -0.490. The first-order valence-electron chi connectivity index (χ1n) is 12.4. The van der Waals surface area contributed by atoms with E-state index >= 15 is 0 Å². The Balaban J connectivity index is 1.54. The van der Waals surface area contributed by atoms with E-state index in [-0.39, 0.29) is 18.3 Å². The molecule has 0 radical (unpaired) electrons. The molecule has 0 bridgehead atoms. The van der Waals surface area contributed by atoms with Crippen molar-refractivity contribution < 1.29 is 23.8 Å². The van der Waals surface area contributed by atoms with Crippen molar-refractivity contribution in [2.75, 3.05) is 12.4 Å². The van der Waals surface area contributed by atoms with Crippen LogP contribution in [-0.4, -0.2) is 38.3 Å². The molecule has 0 unspecified atom stereocenters. The van der Waals surface area contributed by atoms with Crippen LogP contribution in [0.5, 0.6) is 17.4 Å². The van der Waals surface area contributed by atoms with Gasteiger partial charge in [0, 0.05) is 35.0 Å². The number of anilines is 1. The summed E-state index contributed by atoms with van der Waals surface area (Å²) in [7, 11) is 1.60.